The number of nitrogens with one attached hydrogen (secondary N) is 1. The largest absolute Gasteiger partial charge is 0.383 e. The number of methoxy groups -OCH3 is 1. The van der Waals surface area contributed by atoms with Gasteiger partial charge in [-0.05, 0) is 28.9 Å². The lowest BCUT2D eigenvalue weighted by molar-refractivity contribution is 0.190. The minimum absolute atomic E-state index is 0.242. The summed E-state index contributed by atoms with van der Waals surface area (Å²) >= 11 is 5.21. The Morgan fingerprint density at radius 2 is 2.44 bits per heavy atom. The Labute approximate surface area is 119 Å². The van der Waals surface area contributed by atoms with E-state index in [9.17, 15) is 0 Å². The molecule has 0 aliphatic rings. The lowest BCUT2D eigenvalue weighted by Gasteiger charge is -2.14. The van der Waals surface area contributed by atoms with E-state index in [-0.39, 0.29) is 6.04 Å². The Morgan fingerprint density at radius 1 is 1.61 bits per heavy atom. The molecule has 0 saturated heterocycles. The molecule has 0 aromatic carbocycles. The number of hydrogen-bond donors (Lipinski definition) is 1. The van der Waals surface area contributed by atoms with Crippen LogP contribution in [0.15, 0.2) is 28.3 Å². The van der Waals surface area contributed by atoms with Crippen LogP contribution in [0.3, 0.4) is 0 Å². The average Bonchev–Trinajstić information content (AvgIpc) is 2.90. The molecule has 98 valence electrons. The summed E-state index contributed by atoms with van der Waals surface area (Å²) in [4.78, 5) is 5.62. The maximum absolute atomic E-state index is 5.11. The molecule has 0 spiro atoms. The van der Waals surface area contributed by atoms with Crippen molar-refractivity contribution in [3.8, 4) is 0 Å². The molecule has 0 aliphatic heterocycles. The molecule has 0 aliphatic carbocycles. The van der Waals surface area contributed by atoms with Gasteiger partial charge in [0.2, 0.25) is 5.95 Å². The monoisotopic (exact) mass is 329 g/mol. The normalized spacial score (nSPS) is 12.6. The number of ether oxygens (including phenoxy) is 1. The van der Waals surface area contributed by atoms with E-state index in [0.717, 1.165) is 17.0 Å². The third-order valence-electron chi connectivity index (χ3n) is 2.46. The van der Waals surface area contributed by atoms with Crippen LogP contribution in [0.25, 0.3) is 0 Å². The van der Waals surface area contributed by atoms with E-state index >= 15 is 0 Å². The number of imidazole rings is 1. The number of nitrogens with zero attached hydrogens (tertiary/aromatic N) is 2. The van der Waals surface area contributed by atoms with Crippen LogP contribution in [0.2, 0.25) is 0 Å². The minimum atomic E-state index is 0.242. The molecular formula is C12H16BrN3OS. The zero-order chi connectivity index (χ0) is 13.0. The Balaban J connectivity index is 2.03. The second-order valence-corrected chi connectivity index (χ2v) is 6.02. The van der Waals surface area contributed by atoms with Gasteiger partial charge in [-0.25, -0.2) is 4.98 Å². The highest BCUT2D eigenvalue weighted by atomic mass is 79.9. The molecule has 1 N–H and O–H groups in total. The number of thiophene rings is 1. The second kappa shape index (κ2) is 6.36. The fourth-order valence-corrected chi connectivity index (χ4v) is 3.14. The van der Waals surface area contributed by atoms with Crippen molar-refractivity contribution in [3.63, 3.8) is 0 Å². The highest BCUT2D eigenvalue weighted by molar-refractivity contribution is 9.10. The van der Waals surface area contributed by atoms with Crippen molar-refractivity contribution in [1.29, 1.82) is 0 Å². The highest BCUT2D eigenvalue weighted by Gasteiger charge is 2.08. The van der Waals surface area contributed by atoms with Crippen molar-refractivity contribution in [2.45, 2.75) is 19.5 Å². The number of anilines is 1. The predicted octanol–water partition coefficient (Wildman–Crippen LogP) is 3.20. The summed E-state index contributed by atoms with van der Waals surface area (Å²) < 4.78 is 8.34. The van der Waals surface area contributed by atoms with Gasteiger partial charge in [0.15, 0.2) is 0 Å². The first-order valence-corrected chi connectivity index (χ1v) is 7.36. The van der Waals surface area contributed by atoms with Crippen molar-refractivity contribution in [2.75, 3.05) is 19.0 Å². The van der Waals surface area contributed by atoms with Gasteiger partial charge in [-0.2, -0.15) is 0 Å². The summed E-state index contributed by atoms with van der Waals surface area (Å²) in [7, 11) is 1.70. The molecule has 6 heteroatoms. The summed E-state index contributed by atoms with van der Waals surface area (Å²) in [6.07, 6.45) is 3.79. The standard InChI is InChI=1S/C12H16BrN3OS/c1-9(7-17-2)15-12-14-3-4-16(12)6-11-5-10(13)8-18-11/h3-5,8-9H,6-7H2,1-2H3,(H,14,15). The molecular weight excluding hydrogens is 314 g/mol. The van der Waals surface area contributed by atoms with Crippen LogP contribution < -0.4 is 5.32 Å². The van der Waals surface area contributed by atoms with E-state index in [1.807, 2.05) is 12.4 Å². The van der Waals surface area contributed by atoms with E-state index < -0.39 is 0 Å². The van der Waals surface area contributed by atoms with Crippen LogP contribution in [-0.2, 0) is 11.3 Å². The summed E-state index contributed by atoms with van der Waals surface area (Å²) in [5.74, 6) is 0.879. The smallest absolute Gasteiger partial charge is 0.203 e. The molecule has 1 unspecified atom stereocenters. The maximum Gasteiger partial charge on any atom is 0.203 e. The van der Waals surface area contributed by atoms with Crippen LogP contribution in [0.5, 0.6) is 0 Å². The van der Waals surface area contributed by atoms with Gasteiger partial charge in [-0.1, -0.05) is 0 Å². The second-order valence-electron chi connectivity index (χ2n) is 4.11. The van der Waals surface area contributed by atoms with Crippen molar-refractivity contribution < 1.29 is 4.74 Å². The van der Waals surface area contributed by atoms with Gasteiger partial charge in [-0.15, -0.1) is 11.3 Å². The molecule has 0 radical (unpaired) electrons. The Bertz CT molecular complexity index is 497. The van der Waals surface area contributed by atoms with Gasteiger partial charge < -0.3 is 14.6 Å². The van der Waals surface area contributed by atoms with Gasteiger partial charge >= 0.3 is 0 Å². The topological polar surface area (TPSA) is 39.1 Å². The lowest BCUT2D eigenvalue weighted by atomic mass is 10.4. The number of rotatable bonds is 6. The van der Waals surface area contributed by atoms with Gasteiger partial charge in [0.1, 0.15) is 0 Å². The summed E-state index contributed by atoms with van der Waals surface area (Å²) in [6, 6.07) is 2.37. The van der Waals surface area contributed by atoms with E-state index in [0.29, 0.717) is 6.61 Å². The molecule has 0 saturated carbocycles. The van der Waals surface area contributed by atoms with Crippen LogP contribution >= 0.6 is 27.3 Å². The fourth-order valence-electron chi connectivity index (χ4n) is 1.69. The fraction of sp³-hybridized carbons (Fsp3) is 0.417. The van der Waals surface area contributed by atoms with Crippen LogP contribution in [-0.4, -0.2) is 29.3 Å². The van der Waals surface area contributed by atoms with Gasteiger partial charge in [-0.3, -0.25) is 0 Å². The molecule has 1 atom stereocenters. The number of aromatic nitrogens is 2. The third-order valence-corrected chi connectivity index (χ3v) is 4.14. The zero-order valence-electron chi connectivity index (χ0n) is 10.4. The van der Waals surface area contributed by atoms with Crippen LogP contribution in [0, 0.1) is 0 Å². The number of hydrogen-bond acceptors (Lipinski definition) is 4. The maximum atomic E-state index is 5.11. The van der Waals surface area contributed by atoms with Gasteiger partial charge in [0, 0.05) is 40.3 Å². The van der Waals surface area contributed by atoms with Crippen molar-refractivity contribution in [1.82, 2.24) is 9.55 Å². The first-order valence-electron chi connectivity index (χ1n) is 5.68. The SMILES string of the molecule is COCC(C)Nc1nccn1Cc1cc(Br)cs1. The van der Waals surface area contributed by atoms with Crippen molar-refractivity contribution in [2.24, 2.45) is 0 Å². The van der Waals surface area contributed by atoms with Crippen molar-refractivity contribution in [3.05, 3.63) is 33.2 Å². The van der Waals surface area contributed by atoms with Crippen molar-refractivity contribution >= 4 is 33.2 Å². The van der Waals surface area contributed by atoms with Crippen LogP contribution in [0.4, 0.5) is 5.95 Å². The Morgan fingerprint density at radius 3 is 3.11 bits per heavy atom. The summed E-state index contributed by atoms with van der Waals surface area (Å²) in [5.41, 5.74) is 0. The van der Waals surface area contributed by atoms with E-state index in [2.05, 4.69) is 49.2 Å². The molecule has 2 heterocycles. The van der Waals surface area contributed by atoms with Gasteiger partial charge in [0.05, 0.1) is 13.2 Å². The summed E-state index contributed by atoms with van der Waals surface area (Å²) in [5, 5.41) is 5.43. The first kappa shape index (κ1) is 13.6. The molecule has 2 aromatic heterocycles. The summed E-state index contributed by atoms with van der Waals surface area (Å²) in [6.45, 7) is 3.57. The lowest BCUT2D eigenvalue weighted by Crippen LogP contribution is -2.23. The van der Waals surface area contributed by atoms with E-state index in [4.69, 9.17) is 4.74 Å². The minimum Gasteiger partial charge on any atom is -0.383 e. The van der Waals surface area contributed by atoms with E-state index in [1.54, 1.807) is 18.4 Å². The van der Waals surface area contributed by atoms with Crippen LogP contribution in [0.1, 0.15) is 11.8 Å². The third kappa shape index (κ3) is 3.57. The Kier molecular flexibility index (Phi) is 4.79. The highest BCUT2D eigenvalue weighted by Crippen LogP contribution is 2.21. The molecule has 0 fully saturated rings. The Hall–Kier alpha value is -0.850. The number of halogens is 1. The molecule has 4 nitrogen and oxygen atoms in total. The first-order chi connectivity index (χ1) is 8.69. The molecule has 2 rings (SSSR count). The average molecular weight is 330 g/mol. The predicted molar refractivity (Wildman–Crippen MR) is 78.3 cm³/mol. The quantitative estimate of drug-likeness (QED) is 0.884. The molecule has 0 amide bonds. The molecule has 18 heavy (non-hydrogen) atoms. The zero-order valence-corrected chi connectivity index (χ0v) is 12.8. The molecule has 0 bridgehead atoms. The molecule has 2 aromatic rings. The van der Waals surface area contributed by atoms with E-state index in [1.165, 1.54) is 4.88 Å². The van der Waals surface area contributed by atoms with Gasteiger partial charge in [0.25, 0.3) is 0 Å².